The molecule has 146 valence electrons. The molecule has 0 aromatic heterocycles. The third-order valence-corrected chi connectivity index (χ3v) is 3.72. The maximum atomic E-state index is 13.4. The van der Waals surface area contributed by atoms with Gasteiger partial charge in [0.15, 0.2) is 0 Å². The number of anilines is 2. The van der Waals surface area contributed by atoms with Gasteiger partial charge in [0.05, 0.1) is 0 Å². The molecular weight excluding hydrogens is 359 g/mol. The molecule has 8 heteroatoms. The summed E-state index contributed by atoms with van der Waals surface area (Å²) in [7, 11) is 0. The van der Waals surface area contributed by atoms with Crippen molar-refractivity contribution in [3.8, 4) is 11.5 Å². The lowest BCUT2D eigenvalue weighted by Crippen LogP contribution is -2.29. The number of nitrogen functional groups attached to an aromatic ring is 1. The van der Waals surface area contributed by atoms with Crippen LogP contribution in [-0.4, -0.2) is 12.6 Å². The summed E-state index contributed by atoms with van der Waals surface area (Å²) in [5.74, 6) is -0.134. The summed E-state index contributed by atoms with van der Waals surface area (Å²) >= 11 is 0. The number of nitrogens with one attached hydrogen (secondary N) is 2. The Morgan fingerprint density at radius 3 is 2.44 bits per heavy atom. The number of unbranched alkanes of at least 4 members (excludes halogenated alkanes) is 2. The van der Waals surface area contributed by atoms with Crippen molar-refractivity contribution in [2.45, 2.75) is 32.4 Å². The van der Waals surface area contributed by atoms with Crippen LogP contribution in [0.2, 0.25) is 0 Å². The molecule has 0 aliphatic rings. The molecule has 5 nitrogen and oxygen atoms in total. The van der Waals surface area contributed by atoms with Crippen LogP contribution < -0.4 is 21.1 Å². The molecular formula is C19H22F3N3O2. The first-order chi connectivity index (χ1) is 12.8. The number of urea groups is 1. The lowest BCUT2D eigenvalue weighted by atomic mass is 10.1. The minimum absolute atomic E-state index is 0.0278. The van der Waals surface area contributed by atoms with Crippen LogP contribution in [0, 0.1) is 0 Å². The number of ether oxygens (including phenoxy) is 1. The molecule has 0 aliphatic carbocycles. The molecule has 2 aromatic rings. The molecule has 0 unspecified atom stereocenters. The van der Waals surface area contributed by atoms with Crippen LogP contribution in [0.5, 0.6) is 11.5 Å². The lowest BCUT2D eigenvalue weighted by Gasteiger charge is -2.16. The van der Waals surface area contributed by atoms with E-state index in [1.165, 1.54) is 36.4 Å². The highest BCUT2D eigenvalue weighted by Crippen LogP contribution is 2.39. The zero-order chi connectivity index (χ0) is 19.9. The van der Waals surface area contributed by atoms with Gasteiger partial charge in [0.25, 0.3) is 0 Å². The minimum Gasteiger partial charge on any atom is -0.457 e. The van der Waals surface area contributed by atoms with E-state index in [1.807, 2.05) is 6.92 Å². The Hall–Kier alpha value is -2.90. The van der Waals surface area contributed by atoms with Gasteiger partial charge in [0.2, 0.25) is 0 Å². The number of halogens is 3. The smallest absolute Gasteiger partial charge is 0.420 e. The SMILES string of the molecule is CCCCCNC(=O)Nc1ccc(Oc2ccc(N)cc2)c(C(F)(F)F)c1. The Kier molecular flexibility index (Phi) is 6.92. The maximum Gasteiger partial charge on any atom is 0.420 e. The van der Waals surface area contributed by atoms with Gasteiger partial charge in [0.1, 0.15) is 17.1 Å². The number of hydrogen-bond acceptors (Lipinski definition) is 3. The van der Waals surface area contributed by atoms with Gasteiger partial charge in [-0.1, -0.05) is 19.8 Å². The average Bonchev–Trinajstić information content (AvgIpc) is 2.61. The predicted octanol–water partition coefficient (Wildman–Crippen LogP) is 5.39. The fraction of sp³-hybridized carbons (Fsp3) is 0.316. The van der Waals surface area contributed by atoms with Gasteiger partial charge in [-0.3, -0.25) is 0 Å². The van der Waals surface area contributed by atoms with Crippen molar-refractivity contribution in [1.82, 2.24) is 5.32 Å². The Morgan fingerprint density at radius 2 is 1.81 bits per heavy atom. The maximum absolute atomic E-state index is 13.4. The highest BCUT2D eigenvalue weighted by Gasteiger charge is 2.35. The lowest BCUT2D eigenvalue weighted by molar-refractivity contribution is -0.138. The van der Waals surface area contributed by atoms with Crippen LogP contribution in [-0.2, 0) is 6.18 Å². The normalized spacial score (nSPS) is 11.1. The second-order valence-corrected chi connectivity index (χ2v) is 5.97. The third kappa shape index (κ3) is 6.40. The average molecular weight is 381 g/mol. The van der Waals surface area contributed by atoms with E-state index in [0.29, 0.717) is 12.2 Å². The van der Waals surface area contributed by atoms with Gasteiger partial charge in [-0.15, -0.1) is 0 Å². The Labute approximate surface area is 155 Å². The van der Waals surface area contributed by atoms with Crippen molar-refractivity contribution in [3.63, 3.8) is 0 Å². The van der Waals surface area contributed by atoms with Crippen LogP contribution in [0.15, 0.2) is 42.5 Å². The van der Waals surface area contributed by atoms with Gasteiger partial charge >= 0.3 is 12.2 Å². The van der Waals surface area contributed by atoms with Gasteiger partial charge in [-0.05, 0) is 48.9 Å². The van der Waals surface area contributed by atoms with Gasteiger partial charge in [-0.2, -0.15) is 13.2 Å². The Morgan fingerprint density at radius 1 is 1.11 bits per heavy atom. The standard InChI is InChI=1S/C19H22F3N3O2/c1-2-3-4-11-24-18(26)25-14-7-10-17(16(12-14)19(20,21)22)27-15-8-5-13(23)6-9-15/h5-10,12H,2-4,11,23H2,1H3,(H2,24,25,26). The van der Waals surface area contributed by atoms with Crippen LogP contribution in [0.1, 0.15) is 31.7 Å². The van der Waals surface area contributed by atoms with E-state index in [9.17, 15) is 18.0 Å². The third-order valence-electron chi connectivity index (χ3n) is 3.72. The van der Waals surface area contributed by atoms with Crippen molar-refractivity contribution in [2.24, 2.45) is 0 Å². The summed E-state index contributed by atoms with van der Waals surface area (Å²) < 4.78 is 45.5. The van der Waals surface area contributed by atoms with Crippen molar-refractivity contribution >= 4 is 17.4 Å². The number of nitrogens with two attached hydrogens (primary N) is 1. The zero-order valence-corrected chi connectivity index (χ0v) is 14.9. The van der Waals surface area contributed by atoms with Crippen molar-refractivity contribution in [3.05, 3.63) is 48.0 Å². The fourth-order valence-electron chi connectivity index (χ4n) is 2.33. The quantitative estimate of drug-likeness (QED) is 0.444. The van der Waals surface area contributed by atoms with Crippen molar-refractivity contribution < 1.29 is 22.7 Å². The summed E-state index contributed by atoms with van der Waals surface area (Å²) in [6.45, 7) is 2.50. The van der Waals surface area contributed by atoms with Crippen molar-refractivity contribution in [1.29, 1.82) is 0 Å². The molecule has 0 fully saturated rings. The molecule has 4 N–H and O–H groups in total. The van der Waals surface area contributed by atoms with Gasteiger partial charge in [-0.25, -0.2) is 4.79 Å². The fourth-order valence-corrected chi connectivity index (χ4v) is 2.33. The monoisotopic (exact) mass is 381 g/mol. The van der Waals surface area contributed by atoms with E-state index in [-0.39, 0.29) is 17.2 Å². The second kappa shape index (κ2) is 9.16. The molecule has 2 aromatic carbocycles. The Balaban J connectivity index is 2.13. The Bertz CT molecular complexity index is 762. The summed E-state index contributed by atoms with van der Waals surface area (Å²) in [4.78, 5) is 11.8. The molecule has 27 heavy (non-hydrogen) atoms. The van der Waals surface area contributed by atoms with Gasteiger partial charge in [0, 0.05) is 17.9 Å². The first-order valence-corrected chi connectivity index (χ1v) is 8.59. The first-order valence-electron chi connectivity index (χ1n) is 8.59. The summed E-state index contributed by atoms with van der Waals surface area (Å²) in [5, 5.41) is 5.02. The molecule has 2 amide bonds. The van der Waals surface area contributed by atoms with E-state index >= 15 is 0 Å². The number of rotatable bonds is 7. The van der Waals surface area contributed by atoms with Crippen LogP contribution in [0.3, 0.4) is 0 Å². The van der Waals surface area contributed by atoms with E-state index in [1.54, 1.807) is 0 Å². The van der Waals surface area contributed by atoms with Crippen LogP contribution in [0.25, 0.3) is 0 Å². The van der Waals surface area contributed by atoms with E-state index < -0.39 is 17.8 Å². The molecule has 0 aliphatic heterocycles. The number of alkyl halides is 3. The van der Waals surface area contributed by atoms with Crippen LogP contribution >= 0.6 is 0 Å². The molecule has 0 heterocycles. The molecule has 0 saturated carbocycles. The molecule has 0 spiro atoms. The minimum atomic E-state index is -4.64. The van der Waals surface area contributed by atoms with E-state index in [2.05, 4.69) is 10.6 Å². The summed E-state index contributed by atoms with van der Waals surface area (Å²) in [6.07, 6.45) is -1.85. The molecule has 0 radical (unpaired) electrons. The number of benzene rings is 2. The topological polar surface area (TPSA) is 76.4 Å². The van der Waals surface area contributed by atoms with E-state index in [0.717, 1.165) is 25.3 Å². The summed E-state index contributed by atoms with van der Waals surface area (Å²) in [6, 6.07) is 8.84. The van der Waals surface area contributed by atoms with Gasteiger partial charge < -0.3 is 21.1 Å². The summed E-state index contributed by atoms with van der Waals surface area (Å²) in [5.41, 5.74) is 5.07. The first kappa shape index (κ1) is 20.4. The number of amides is 2. The predicted molar refractivity (Wildman–Crippen MR) is 98.9 cm³/mol. The highest BCUT2D eigenvalue weighted by atomic mass is 19.4. The molecule has 0 bridgehead atoms. The van der Waals surface area contributed by atoms with Crippen molar-refractivity contribution in [2.75, 3.05) is 17.6 Å². The zero-order valence-electron chi connectivity index (χ0n) is 14.9. The number of carbonyl (C=O) groups is 1. The largest absolute Gasteiger partial charge is 0.457 e. The molecule has 0 saturated heterocycles. The second-order valence-electron chi connectivity index (χ2n) is 5.97. The molecule has 2 rings (SSSR count). The highest BCUT2D eigenvalue weighted by molar-refractivity contribution is 5.89. The van der Waals surface area contributed by atoms with E-state index in [4.69, 9.17) is 10.5 Å². The molecule has 0 atom stereocenters. The van der Waals surface area contributed by atoms with Crippen LogP contribution in [0.4, 0.5) is 29.3 Å². The number of hydrogen-bond donors (Lipinski definition) is 3. The number of carbonyl (C=O) groups excluding carboxylic acids is 1.